The van der Waals surface area contributed by atoms with Gasteiger partial charge >= 0.3 is 5.97 Å². The minimum atomic E-state index is -0.660. The van der Waals surface area contributed by atoms with Crippen molar-refractivity contribution in [1.29, 1.82) is 0 Å². The number of aliphatic hydroxyl groups excluding tert-OH is 2. The van der Waals surface area contributed by atoms with E-state index in [4.69, 9.17) is 4.74 Å². The Morgan fingerprint density at radius 2 is 0.580 bits per heavy atom. The molecular weight excluding hydrogens is 995 g/mol. The molecule has 6 heteroatoms. The van der Waals surface area contributed by atoms with Crippen molar-refractivity contribution in [2.24, 2.45) is 0 Å². The van der Waals surface area contributed by atoms with Crippen molar-refractivity contribution in [3.8, 4) is 0 Å². The number of esters is 1. The van der Waals surface area contributed by atoms with Gasteiger partial charge in [0.15, 0.2) is 0 Å². The van der Waals surface area contributed by atoms with Gasteiger partial charge in [0.25, 0.3) is 0 Å². The van der Waals surface area contributed by atoms with Crippen LogP contribution in [0.5, 0.6) is 0 Å². The summed E-state index contributed by atoms with van der Waals surface area (Å²) >= 11 is 0. The number of nitrogens with one attached hydrogen (secondary N) is 1. The molecule has 2 atom stereocenters. The summed E-state index contributed by atoms with van der Waals surface area (Å²) in [6.07, 6.45) is 88.6. The number of hydrogen-bond acceptors (Lipinski definition) is 5. The van der Waals surface area contributed by atoms with Gasteiger partial charge in [-0.05, 0) is 51.4 Å². The van der Waals surface area contributed by atoms with E-state index in [9.17, 15) is 19.8 Å². The molecular formula is C75H147NO5. The average Bonchev–Trinajstić information content (AvgIpc) is 3.47. The summed E-state index contributed by atoms with van der Waals surface area (Å²) in [4.78, 5) is 24.6. The highest BCUT2D eigenvalue weighted by atomic mass is 16.5. The minimum absolute atomic E-state index is 0.0142. The maximum atomic E-state index is 12.5. The molecule has 0 aromatic carbocycles. The van der Waals surface area contributed by atoms with Crippen LogP contribution in [0.3, 0.4) is 0 Å². The second-order valence-electron chi connectivity index (χ2n) is 26.0. The van der Waals surface area contributed by atoms with E-state index in [1.165, 1.54) is 353 Å². The molecule has 3 N–H and O–H groups in total. The monoisotopic (exact) mass is 1140 g/mol. The Morgan fingerprint density at radius 3 is 0.889 bits per heavy atom. The van der Waals surface area contributed by atoms with Gasteiger partial charge in [0.1, 0.15) is 0 Å². The first kappa shape index (κ1) is 79.6. The topological polar surface area (TPSA) is 95.9 Å². The second kappa shape index (κ2) is 71.1. The molecule has 2 unspecified atom stereocenters. The van der Waals surface area contributed by atoms with Gasteiger partial charge in [0.05, 0.1) is 25.4 Å². The molecule has 1 amide bonds. The lowest BCUT2D eigenvalue weighted by atomic mass is 10.0. The van der Waals surface area contributed by atoms with Crippen LogP contribution in [-0.2, 0) is 14.3 Å². The van der Waals surface area contributed by atoms with E-state index in [2.05, 4.69) is 31.3 Å². The van der Waals surface area contributed by atoms with Crippen LogP contribution in [0.1, 0.15) is 431 Å². The fourth-order valence-corrected chi connectivity index (χ4v) is 12.1. The number of allylic oxidation sites excluding steroid dienone is 2. The van der Waals surface area contributed by atoms with Gasteiger partial charge in [0, 0.05) is 12.8 Å². The number of rotatable bonds is 71. The zero-order chi connectivity index (χ0) is 58.5. The van der Waals surface area contributed by atoms with Gasteiger partial charge in [-0.2, -0.15) is 0 Å². The van der Waals surface area contributed by atoms with Crippen molar-refractivity contribution in [2.45, 2.75) is 443 Å². The summed E-state index contributed by atoms with van der Waals surface area (Å²) in [6.45, 7) is 4.98. The van der Waals surface area contributed by atoms with E-state index < -0.39 is 12.1 Å². The van der Waals surface area contributed by atoms with Crippen LogP contribution in [0.15, 0.2) is 12.2 Å². The van der Waals surface area contributed by atoms with E-state index in [1.54, 1.807) is 0 Å². The molecule has 81 heavy (non-hydrogen) atoms. The Labute approximate surface area is 508 Å². The fraction of sp³-hybridized carbons (Fsp3) is 0.947. The highest BCUT2D eigenvalue weighted by Gasteiger charge is 2.20. The van der Waals surface area contributed by atoms with Crippen LogP contribution in [0, 0.1) is 0 Å². The molecule has 0 saturated carbocycles. The molecule has 0 aromatic rings. The number of hydrogen-bond donors (Lipinski definition) is 3. The Morgan fingerprint density at radius 1 is 0.333 bits per heavy atom. The first-order chi connectivity index (χ1) is 40.0. The predicted octanol–water partition coefficient (Wildman–Crippen LogP) is 24.3. The number of carbonyl (C=O) groups excluding carboxylic acids is 2. The molecule has 0 aliphatic heterocycles. The summed E-state index contributed by atoms with van der Waals surface area (Å²) in [7, 11) is 0. The van der Waals surface area contributed by atoms with Crippen LogP contribution in [0.4, 0.5) is 0 Å². The molecule has 0 bridgehead atoms. The van der Waals surface area contributed by atoms with Gasteiger partial charge in [-0.25, -0.2) is 0 Å². The molecule has 0 aromatic heterocycles. The molecule has 0 aliphatic carbocycles. The van der Waals surface area contributed by atoms with E-state index >= 15 is 0 Å². The van der Waals surface area contributed by atoms with E-state index in [0.29, 0.717) is 25.9 Å². The lowest BCUT2D eigenvalue weighted by Gasteiger charge is -2.22. The SMILES string of the molecule is CCCCCC/C=C\CCCCCCCC(=O)OCCCCCCCCCCCCCCCCCCCCCCCCCCCCCCCCCCCCCC(=O)NC(CO)C(O)CCCCCCCCCCCCCCCCCC. The van der Waals surface area contributed by atoms with Crippen molar-refractivity contribution in [2.75, 3.05) is 13.2 Å². The highest BCUT2D eigenvalue weighted by Crippen LogP contribution is 2.20. The van der Waals surface area contributed by atoms with Gasteiger partial charge in [-0.1, -0.05) is 379 Å². The summed E-state index contributed by atoms with van der Waals surface area (Å²) < 4.78 is 5.49. The molecule has 0 saturated heterocycles. The molecule has 0 rings (SSSR count). The third kappa shape index (κ3) is 67.6. The normalized spacial score (nSPS) is 12.5. The average molecular weight is 1140 g/mol. The maximum absolute atomic E-state index is 12.5. The highest BCUT2D eigenvalue weighted by molar-refractivity contribution is 5.76. The van der Waals surface area contributed by atoms with Gasteiger partial charge in [-0.3, -0.25) is 9.59 Å². The van der Waals surface area contributed by atoms with E-state index in [0.717, 1.165) is 44.9 Å². The first-order valence-corrected chi connectivity index (χ1v) is 37.4. The standard InChI is InChI=1S/C75H147NO5/c1-3-5-7-9-11-13-15-17-18-40-44-47-51-55-59-63-67-73(78)72(71-77)76-74(79)68-64-60-56-52-48-45-41-38-36-34-32-30-28-26-24-22-20-19-21-23-25-27-29-31-33-35-37-39-42-46-50-54-58-62-66-70-81-75(80)69-65-61-57-53-49-43-16-14-12-10-8-6-4-2/h14,16,72-73,77-78H,3-13,15,17-71H2,1-2H3,(H,76,79)/b16-14-. The van der Waals surface area contributed by atoms with Crippen molar-refractivity contribution in [3.63, 3.8) is 0 Å². The molecule has 0 fully saturated rings. The van der Waals surface area contributed by atoms with Gasteiger partial charge in [-0.15, -0.1) is 0 Å². The predicted molar refractivity (Wildman–Crippen MR) is 357 cm³/mol. The lowest BCUT2D eigenvalue weighted by Crippen LogP contribution is -2.45. The second-order valence-corrected chi connectivity index (χ2v) is 26.0. The summed E-state index contributed by atoms with van der Waals surface area (Å²) in [5.41, 5.74) is 0. The van der Waals surface area contributed by atoms with Crippen molar-refractivity contribution in [1.82, 2.24) is 5.32 Å². The number of carbonyl (C=O) groups is 2. The Balaban J connectivity index is 3.30. The van der Waals surface area contributed by atoms with Gasteiger partial charge in [0.2, 0.25) is 5.91 Å². The minimum Gasteiger partial charge on any atom is -0.466 e. The Kier molecular flexibility index (Phi) is 69.9. The lowest BCUT2D eigenvalue weighted by molar-refractivity contribution is -0.143. The number of unbranched alkanes of at least 4 members (excludes halogenated alkanes) is 58. The van der Waals surface area contributed by atoms with Gasteiger partial charge < -0.3 is 20.3 Å². The smallest absolute Gasteiger partial charge is 0.305 e. The third-order valence-corrected chi connectivity index (χ3v) is 17.8. The van der Waals surface area contributed by atoms with Crippen LogP contribution in [0.25, 0.3) is 0 Å². The van der Waals surface area contributed by atoms with Crippen LogP contribution in [-0.4, -0.2) is 47.4 Å². The van der Waals surface area contributed by atoms with Crippen molar-refractivity contribution >= 4 is 11.9 Å². The number of aliphatic hydroxyl groups is 2. The molecule has 0 aliphatic rings. The third-order valence-electron chi connectivity index (χ3n) is 17.8. The Hall–Kier alpha value is -1.40. The van der Waals surface area contributed by atoms with Crippen molar-refractivity contribution < 1.29 is 24.5 Å². The largest absolute Gasteiger partial charge is 0.466 e. The number of ether oxygens (including phenoxy) is 1. The number of amides is 1. The summed E-state index contributed by atoms with van der Waals surface area (Å²) in [6, 6.07) is -0.536. The van der Waals surface area contributed by atoms with Crippen LogP contribution >= 0.6 is 0 Å². The molecule has 0 radical (unpaired) electrons. The molecule has 0 spiro atoms. The Bertz CT molecular complexity index is 1220. The van der Waals surface area contributed by atoms with Crippen molar-refractivity contribution in [3.05, 3.63) is 12.2 Å². The molecule has 6 nitrogen and oxygen atoms in total. The maximum Gasteiger partial charge on any atom is 0.305 e. The van der Waals surface area contributed by atoms with E-state index in [1.807, 2.05) is 0 Å². The molecule has 482 valence electrons. The van der Waals surface area contributed by atoms with E-state index in [-0.39, 0.29) is 18.5 Å². The summed E-state index contributed by atoms with van der Waals surface area (Å²) in [5.74, 6) is -0.0115. The first-order valence-electron chi connectivity index (χ1n) is 37.4. The zero-order valence-electron chi connectivity index (χ0n) is 55.3. The fourth-order valence-electron chi connectivity index (χ4n) is 12.1. The zero-order valence-corrected chi connectivity index (χ0v) is 55.3. The van der Waals surface area contributed by atoms with Crippen LogP contribution < -0.4 is 5.32 Å². The van der Waals surface area contributed by atoms with Crippen LogP contribution in [0.2, 0.25) is 0 Å². The summed E-state index contributed by atoms with van der Waals surface area (Å²) in [5, 5.41) is 23.4. The quantitative estimate of drug-likeness (QED) is 0.0320. The molecule has 0 heterocycles.